The van der Waals surface area contributed by atoms with Crippen molar-refractivity contribution in [1.82, 2.24) is 4.90 Å². The minimum Gasteiger partial charge on any atom is -0.493 e. The summed E-state index contributed by atoms with van der Waals surface area (Å²) in [5.41, 5.74) is 0.712. The molecule has 0 saturated carbocycles. The molecule has 1 saturated heterocycles. The number of hydrogen-bond donors (Lipinski definition) is 0. The summed E-state index contributed by atoms with van der Waals surface area (Å²) in [5, 5.41) is 0.465. The molecule has 2 aromatic carbocycles. The van der Waals surface area contributed by atoms with E-state index in [-0.39, 0.29) is 22.5 Å². The van der Waals surface area contributed by atoms with E-state index in [1.807, 2.05) is 0 Å². The summed E-state index contributed by atoms with van der Waals surface area (Å²) in [6.07, 6.45) is 5.09. The molecule has 0 radical (unpaired) electrons. The third-order valence-electron chi connectivity index (χ3n) is 4.75. The fourth-order valence-corrected chi connectivity index (χ4v) is 5.32. The van der Waals surface area contributed by atoms with Crippen molar-refractivity contribution in [3.63, 3.8) is 0 Å². The second-order valence-corrected chi connectivity index (χ2v) is 10.3. The standard InChI is InChI=1S/C24H25ClN2O5S2/c1-4-6-14-32-21-15-17(7-12-20(21)31-3)16-22-23(28)27(13-5-2)24(33-22)26-34(29,30)19-10-8-18(25)9-11-19/h5,7-12,15-16H,2,4,6,13-14H2,1,3H3/b22-16-,26-24+. The Hall–Kier alpha value is -2.75. The maximum Gasteiger partial charge on any atom is 0.284 e. The predicted octanol–water partition coefficient (Wildman–Crippen LogP) is 5.37. The van der Waals surface area contributed by atoms with Gasteiger partial charge in [-0.2, -0.15) is 8.42 Å². The van der Waals surface area contributed by atoms with E-state index in [9.17, 15) is 13.2 Å². The third-order valence-corrected chi connectivity index (χ3v) is 7.41. The Morgan fingerprint density at radius 1 is 1.18 bits per heavy atom. The monoisotopic (exact) mass is 520 g/mol. The van der Waals surface area contributed by atoms with E-state index in [1.165, 1.54) is 35.2 Å². The molecular weight excluding hydrogens is 496 g/mol. The van der Waals surface area contributed by atoms with E-state index in [1.54, 1.807) is 31.4 Å². The number of thioether (sulfide) groups is 1. The zero-order valence-corrected chi connectivity index (χ0v) is 21.3. The lowest BCUT2D eigenvalue weighted by molar-refractivity contribution is -0.121. The maximum atomic E-state index is 13.0. The first-order valence-electron chi connectivity index (χ1n) is 10.5. The smallest absolute Gasteiger partial charge is 0.284 e. The highest BCUT2D eigenvalue weighted by molar-refractivity contribution is 8.19. The van der Waals surface area contributed by atoms with Gasteiger partial charge in [0.05, 0.1) is 23.5 Å². The number of amidine groups is 1. The Balaban J connectivity index is 1.94. The molecule has 1 aliphatic rings. The number of nitrogens with zero attached hydrogens (tertiary/aromatic N) is 2. The Morgan fingerprint density at radius 2 is 1.91 bits per heavy atom. The Kier molecular flexibility index (Phi) is 8.82. The van der Waals surface area contributed by atoms with Crippen LogP contribution in [-0.2, 0) is 14.8 Å². The van der Waals surface area contributed by atoms with Crippen molar-refractivity contribution < 1.29 is 22.7 Å². The van der Waals surface area contributed by atoms with Gasteiger partial charge in [0, 0.05) is 11.6 Å². The Labute approximate surface area is 209 Å². The van der Waals surface area contributed by atoms with E-state index in [4.69, 9.17) is 21.1 Å². The molecule has 1 aliphatic heterocycles. The molecule has 0 bridgehead atoms. The molecule has 180 valence electrons. The van der Waals surface area contributed by atoms with Gasteiger partial charge in [0.1, 0.15) is 0 Å². The highest BCUT2D eigenvalue weighted by Crippen LogP contribution is 2.35. The lowest BCUT2D eigenvalue weighted by atomic mass is 10.2. The van der Waals surface area contributed by atoms with Crippen LogP contribution in [0.4, 0.5) is 0 Å². The van der Waals surface area contributed by atoms with Crippen LogP contribution in [0.1, 0.15) is 25.3 Å². The van der Waals surface area contributed by atoms with Crippen molar-refractivity contribution in [1.29, 1.82) is 0 Å². The van der Waals surface area contributed by atoms with Crippen molar-refractivity contribution >= 4 is 50.5 Å². The average Bonchev–Trinajstić information content (AvgIpc) is 3.08. The Bertz CT molecular complexity index is 1220. The molecule has 0 unspecified atom stereocenters. The lowest BCUT2D eigenvalue weighted by Gasteiger charge is -2.12. The van der Waals surface area contributed by atoms with Crippen LogP contribution < -0.4 is 9.47 Å². The highest BCUT2D eigenvalue weighted by Gasteiger charge is 2.34. The van der Waals surface area contributed by atoms with Gasteiger partial charge < -0.3 is 9.47 Å². The van der Waals surface area contributed by atoms with Gasteiger partial charge in [-0.05, 0) is 66.2 Å². The topological polar surface area (TPSA) is 85.3 Å². The van der Waals surface area contributed by atoms with Crippen LogP contribution >= 0.6 is 23.4 Å². The van der Waals surface area contributed by atoms with Crippen LogP contribution in [0.5, 0.6) is 11.5 Å². The number of hydrogen-bond acceptors (Lipinski definition) is 6. The molecule has 0 aliphatic carbocycles. The molecule has 0 spiro atoms. The summed E-state index contributed by atoms with van der Waals surface area (Å²) in [6.45, 7) is 6.40. The lowest BCUT2D eigenvalue weighted by Crippen LogP contribution is -2.29. The van der Waals surface area contributed by atoms with Crippen molar-refractivity contribution in [2.75, 3.05) is 20.3 Å². The van der Waals surface area contributed by atoms with Crippen LogP contribution in [0.2, 0.25) is 5.02 Å². The molecule has 1 fully saturated rings. The molecule has 1 heterocycles. The first kappa shape index (κ1) is 25.9. The molecule has 1 amide bonds. The number of methoxy groups -OCH3 is 1. The summed E-state index contributed by atoms with van der Waals surface area (Å²) in [5.74, 6) is 0.801. The van der Waals surface area contributed by atoms with Crippen molar-refractivity contribution in [2.45, 2.75) is 24.7 Å². The number of carbonyl (C=O) groups excluding carboxylic acids is 1. The van der Waals surface area contributed by atoms with Crippen LogP contribution in [0, 0.1) is 0 Å². The minimum absolute atomic E-state index is 0.0162. The zero-order chi connectivity index (χ0) is 24.7. The van der Waals surface area contributed by atoms with Crippen LogP contribution in [-0.4, -0.2) is 44.7 Å². The van der Waals surface area contributed by atoms with Gasteiger partial charge in [0.15, 0.2) is 16.7 Å². The zero-order valence-electron chi connectivity index (χ0n) is 18.9. The van der Waals surface area contributed by atoms with Crippen LogP contribution in [0.15, 0.2) is 69.3 Å². The second-order valence-electron chi connectivity index (χ2n) is 7.23. The second kappa shape index (κ2) is 11.6. The number of ether oxygens (including phenoxy) is 2. The molecule has 34 heavy (non-hydrogen) atoms. The summed E-state index contributed by atoms with van der Waals surface area (Å²) in [6, 6.07) is 11.0. The van der Waals surface area contributed by atoms with E-state index in [0.717, 1.165) is 24.6 Å². The van der Waals surface area contributed by atoms with E-state index in [0.29, 0.717) is 33.6 Å². The van der Waals surface area contributed by atoms with Crippen LogP contribution in [0.25, 0.3) is 6.08 Å². The molecular formula is C24H25ClN2O5S2. The van der Waals surface area contributed by atoms with Crippen molar-refractivity contribution in [3.05, 3.63) is 70.6 Å². The Morgan fingerprint density at radius 3 is 2.56 bits per heavy atom. The largest absolute Gasteiger partial charge is 0.493 e. The molecule has 7 nitrogen and oxygen atoms in total. The summed E-state index contributed by atoms with van der Waals surface area (Å²) < 4.78 is 40.7. The van der Waals surface area contributed by atoms with Gasteiger partial charge in [-0.25, -0.2) is 0 Å². The first-order valence-corrected chi connectivity index (χ1v) is 13.2. The SMILES string of the molecule is C=CCN1C(=O)/C(=C/c2ccc(OC)c(OCCCC)c2)S/C1=N/S(=O)(=O)c1ccc(Cl)cc1. The molecule has 0 N–H and O–H groups in total. The van der Waals surface area contributed by atoms with E-state index in [2.05, 4.69) is 17.9 Å². The third kappa shape index (κ3) is 6.22. The number of carbonyl (C=O) groups is 1. The van der Waals surface area contributed by atoms with Gasteiger partial charge in [-0.3, -0.25) is 9.69 Å². The number of unbranched alkanes of at least 4 members (excludes halogenated alkanes) is 1. The fourth-order valence-electron chi connectivity index (χ4n) is 3.00. The van der Waals surface area contributed by atoms with Crippen molar-refractivity contribution in [2.24, 2.45) is 4.40 Å². The minimum atomic E-state index is -4.04. The van der Waals surface area contributed by atoms with Gasteiger partial charge in [-0.1, -0.05) is 37.1 Å². The fraction of sp³-hybridized carbons (Fsp3) is 0.250. The molecule has 0 aromatic heterocycles. The summed E-state index contributed by atoms with van der Waals surface area (Å²) in [7, 11) is -2.48. The number of benzene rings is 2. The molecule has 3 rings (SSSR count). The highest BCUT2D eigenvalue weighted by atomic mass is 35.5. The predicted molar refractivity (Wildman–Crippen MR) is 137 cm³/mol. The first-order chi connectivity index (χ1) is 16.3. The van der Waals surface area contributed by atoms with Gasteiger partial charge in [-0.15, -0.1) is 11.0 Å². The number of halogens is 1. The maximum absolute atomic E-state index is 13.0. The van der Waals surface area contributed by atoms with Gasteiger partial charge in [0.2, 0.25) is 0 Å². The van der Waals surface area contributed by atoms with Gasteiger partial charge in [0.25, 0.3) is 15.9 Å². The van der Waals surface area contributed by atoms with Crippen LogP contribution in [0.3, 0.4) is 0 Å². The number of sulfonamides is 1. The molecule has 2 aromatic rings. The van der Waals surface area contributed by atoms with E-state index < -0.39 is 10.0 Å². The summed E-state index contributed by atoms with van der Waals surface area (Å²) in [4.78, 5) is 14.6. The van der Waals surface area contributed by atoms with Gasteiger partial charge >= 0.3 is 0 Å². The molecule has 0 atom stereocenters. The normalized spacial score (nSPS) is 16.3. The quantitative estimate of drug-likeness (QED) is 0.238. The van der Waals surface area contributed by atoms with Crippen molar-refractivity contribution in [3.8, 4) is 11.5 Å². The molecule has 10 heteroatoms. The number of rotatable bonds is 10. The number of amides is 1. The average molecular weight is 521 g/mol. The van der Waals surface area contributed by atoms with E-state index >= 15 is 0 Å². The summed E-state index contributed by atoms with van der Waals surface area (Å²) >= 11 is 6.84.